The van der Waals surface area contributed by atoms with Crippen molar-refractivity contribution in [3.63, 3.8) is 0 Å². The van der Waals surface area contributed by atoms with E-state index < -0.39 is 27.7 Å². The van der Waals surface area contributed by atoms with Crippen molar-refractivity contribution in [3.05, 3.63) is 59.2 Å². The first-order valence-corrected chi connectivity index (χ1v) is 11.7. The molecule has 1 aliphatic rings. The number of nitrogens with zero attached hydrogens (tertiary/aromatic N) is 3. The molecule has 2 aromatic carbocycles. The third kappa shape index (κ3) is 6.24. The van der Waals surface area contributed by atoms with Crippen LogP contribution in [0.2, 0.25) is 0 Å². The van der Waals surface area contributed by atoms with Crippen molar-refractivity contribution in [2.24, 2.45) is 0 Å². The average Bonchev–Trinajstić information content (AvgIpc) is 2.72. The summed E-state index contributed by atoms with van der Waals surface area (Å²) in [6.45, 7) is 1.43. The van der Waals surface area contributed by atoms with E-state index in [9.17, 15) is 26.4 Å². The molecule has 180 valence electrons. The van der Waals surface area contributed by atoms with Crippen molar-refractivity contribution >= 4 is 21.7 Å². The third-order valence-electron chi connectivity index (χ3n) is 5.32. The molecule has 1 fully saturated rings. The lowest BCUT2D eigenvalue weighted by atomic mass is 10.1. The fourth-order valence-corrected chi connectivity index (χ4v) is 5.35. The van der Waals surface area contributed by atoms with Gasteiger partial charge in [-0.25, -0.2) is 8.42 Å². The highest BCUT2D eigenvalue weighted by molar-refractivity contribution is 7.89. The summed E-state index contributed by atoms with van der Waals surface area (Å²) < 4.78 is 66.2. The zero-order valence-electron chi connectivity index (χ0n) is 18.3. The lowest BCUT2D eigenvalue weighted by molar-refractivity contribution is -0.138. The second kappa shape index (κ2) is 9.70. The number of rotatable bonds is 7. The fourth-order valence-electron chi connectivity index (χ4n) is 3.81. The first kappa shape index (κ1) is 25.0. The Hall–Kier alpha value is -2.63. The number of benzene rings is 2. The Bertz CT molecular complexity index is 1090. The van der Waals surface area contributed by atoms with E-state index in [0.29, 0.717) is 36.4 Å². The summed E-state index contributed by atoms with van der Waals surface area (Å²) in [5, 5.41) is 9.14. The molecule has 1 N–H and O–H groups in total. The van der Waals surface area contributed by atoms with Crippen LogP contribution < -0.4 is 4.90 Å². The Kier molecular flexibility index (Phi) is 7.35. The minimum atomic E-state index is -4.41. The van der Waals surface area contributed by atoms with Crippen LogP contribution >= 0.6 is 0 Å². The van der Waals surface area contributed by atoms with Crippen molar-refractivity contribution in [2.75, 3.05) is 45.2 Å². The topological polar surface area (TPSA) is 81.2 Å². The Morgan fingerprint density at radius 1 is 1.00 bits per heavy atom. The molecule has 0 spiro atoms. The van der Waals surface area contributed by atoms with Crippen LogP contribution in [0.1, 0.15) is 16.7 Å². The number of sulfonamides is 1. The standard InChI is InChI=1S/C22H26F3N3O4S/c1-26(2)15-17-11-16(14-21(29)30)12-20(13-17)33(31,32)28-9-7-27(8-10-28)19-5-3-18(4-6-19)22(23,24)25/h3-6,11-13H,7-10,14-15H2,1-2H3,(H,29,30). The Morgan fingerprint density at radius 2 is 1.58 bits per heavy atom. The van der Waals surface area contributed by atoms with Gasteiger partial charge in [-0.15, -0.1) is 0 Å². The van der Waals surface area contributed by atoms with Crippen LogP contribution in [0.15, 0.2) is 47.4 Å². The van der Waals surface area contributed by atoms with E-state index in [1.165, 1.54) is 22.5 Å². The smallest absolute Gasteiger partial charge is 0.416 e. The highest BCUT2D eigenvalue weighted by Crippen LogP contribution is 2.31. The van der Waals surface area contributed by atoms with E-state index in [-0.39, 0.29) is 24.4 Å². The predicted molar refractivity (Wildman–Crippen MR) is 118 cm³/mol. The van der Waals surface area contributed by atoms with E-state index in [0.717, 1.165) is 12.1 Å². The van der Waals surface area contributed by atoms with Crippen molar-refractivity contribution < 1.29 is 31.5 Å². The number of aliphatic carboxylic acids is 1. The first-order valence-electron chi connectivity index (χ1n) is 10.3. The molecule has 33 heavy (non-hydrogen) atoms. The second-order valence-electron chi connectivity index (χ2n) is 8.23. The third-order valence-corrected chi connectivity index (χ3v) is 7.19. The molecule has 11 heteroatoms. The number of carboxylic acids is 1. The van der Waals surface area contributed by atoms with Crippen LogP contribution in [-0.2, 0) is 34.0 Å². The lowest BCUT2D eigenvalue weighted by Crippen LogP contribution is -2.48. The summed E-state index contributed by atoms with van der Waals surface area (Å²) in [5.74, 6) is -1.05. The van der Waals surface area contributed by atoms with Gasteiger partial charge < -0.3 is 14.9 Å². The van der Waals surface area contributed by atoms with Gasteiger partial charge in [0.05, 0.1) is 16.9 Å². The molecule has 0 atom stereocenters. The van der Waals surface area contributed by atoms with Crippen molar-refractivity contribution in [2.45, 2.75) is 24.0 Å². The molecule has 0 aliphatic carbocycles. The van der Waals surface area contributed by atoms with E-state index in [2.05, 4.69) is 0 Å². The van der Waals surface area contributed by atoms with Crippen LogP contribution in [-0.4, -0.2) is 69.0 Å². The van der Waals surface area contributed by atoms with Gasteiger partial charge in [0.2, 0.25) is 10.0 Å². The normalized spacial score (nSPS) is 15.8. The summed E-state index contributed by atoms with van der Waals surface area (Å²) in [6, 6.07) is 9.44. The molecular weight excluding hydrogens is 459 g/mol. The van der Waals surface area contributed by atoms with Gasteiger partial charge >= 0.3 is 12.1 Å². The molecule has 1 aliphatic heterocycles. The molecule has 1 saturated heterocycles. The molecule has 1 heterocycles. The van der Waals surface area contributed by atoms with E-state index in [1.807, 2.05) is 23.9 Å². The molecule has 2 aromatic rings. The highest BCUT2D eigenvalue weighted by atomic mass is 32.2. The predicted octanol–water partition coefficient (Wildman–Crippen LogP) is 2.91. The van der Waals surface area contributed by atoms with Gasteiger partial charge in [-0.05, 0) is 61.6 Å². The maximum Gasteiger partial charge on any atom is 0.416 e. The molecule has 0 unspecified atom stereocenters. The van der Waals surface area contributed by atoms with Crippen LogP contribution in [0.5, 0.6) is 0 Å². The van der Waals surface area contributed by atoms with E-state index >= 15 is 0 Å². The summed E-state index contributed by atoms with van der Waals surface area (Å²) in [6.07, 6.45) is -4.70. The maximum atomic E-state index is 13.3. The van der Waals surface area contributed by atoms with Crippen LogP contribution in [0.3, 0.4) is 0 Å². The molecule has 0 saturated carbocycles. The van der Waals surface area contributed by atoms with Crippen LogP contribution in [0, 0.1) is 0 Å². The number of hydrogen-bond donors (Lipinski definition) is 1. The molecular formula is C22H26F3N3O4S. The number of carboxylic acid groups (broad SMARTS) is 1. The Morgan fingerprint density at radius 3 is 2.09 bits per heavy atom. The number of anilines is 1. The van der Waals surface area contributed by atoms with Gasteiger partial charge in [0, 0.05) is 38.4 Å². The summed E-state index contributed by atoms with van der Waals surface area (Å²) in [4.78, 5) is 14.9. The molecule has 3 rings (SSSR count). The number of halogens is 3. The SMILES string of the molecule is CN(C)Cc1cc(CC(=O)O)cc(S(=O)(=O)N2CCN(c3ccc(C(F)(F)F)cc3)CC2)c1. The monoisotopic (exact) mass is 485 g/mol. The quantitative estimate of drug-likeness (QED) is 0.650. The number of carbonyl (C=O) groups is 1. The highest BCUT2D eigenvalue weighted by Gasteiger charge is 2.32. The van der Waals surface area contributed by atoms with Crippen molar-refractivity contribution in [1.29, 1.82) is 0 Å². The van der Waals surface area contributed by atoms with Crippen LogP contribution in [0.4, 0.5) is 18.9 Å². The number of hydrogen-bond acceptors (Lipinski definition) is 5. The average molecular weight is 486 g/mol. The number of piperazine rings is 1. The maximum absolute atomic E-state index is 13.3. The molecule has 0 bridgehead atoms. The van der Waals surface area contributed by atoms with Gasteiger partial charge in [0.15, 0.2) is 0 Å². The second-order valence-corrected chi connectivity index (χ2v) is 10.2. The van der Waals surface area contributed by atoms with Gasteiger partial charge in [-0.1, -0.05) is 6.07 Å². The Balaban J connectivity index is 1.77. The van der Waals surface area contributed by atoms with Gasteiger partial charge in [0.1, 0.15) is 0 Å². The zero-order valence-corrected chi connectivity index (χ0v) is 19.2. The van der Waals surface area contributed by atoms with Crippen molar-refractivity contribution in [1.82, 2.24) is 9.21 Å². The first-order chi connectivity index (χ1) is 15.4. The van der Waals surface area contributed by atoms with Gasteiger partial charge in [0.25, 0.3) is 0 Å². The zero-order chi connectivity index (χ0) is 24.4. The van der Waals surface area contributed by atoms with Crippen LogP contribution in [0.25, 0.3) is 0 Å². The van der Waals surface area contributed by atoms with Gasteiger partial charge in [-0.3, -0.25) is 4.79 Å². The largest absolute Gasteiger partial charge is 0.481 e. The molecule has 0 radical (unpaired) electrons. The lowest BCUT2D eigenvalue weighted by Gasteiger charge is -2.35. The van der Waals surface area contributed by atoms with E-state index in [4.69, 9.17) is 5.11 Å². The minimum Gasteiger partial charge on any atom is -0.481 e. The fraction of sp³-hybridized carbons (Fsp3) is 0.409. The molecule has 7 nitrogen and oxygen atoms in total. The Labute approximate surface area is 191 Å². The van der Waals surface area contributed by atoms with Gasteiger partial charge in [-0.2, -0.15) is 17.5 Å². The van der Waals surface area contributed by atoms with E-state index in [1.54, 1.807) is 12.1 Å². The molecule has 0 aromatic heterocycles. The molecule has 0 amide bonds. The summed E-state index contributed by atoms with van der Waals surface area (Å²) in [7, 11) is -0.200. The minimum absolute atomic E-state index is 0.0427. The number of alkyl halides is 3. The summed E-state index contributed by atoms with van der Waals surface area (Å²) >= 11 is 0. The van der Waals surface area contributed by atoms with Crippen molar-refractivity contribution in [3.8, 4) is 0 Å². The summed E-state index contributed by atoms with van der Waals surface area (Å²) in [5.41, 5.74) is 0.962.